The lowest BCUT2D eigenvalue weighted by atomic mass is 10.0. The molecule has 0 spiro atoms. The third-order valence-corrected chi connectivity index (χ3v) is 2.82. The average molecular weight is 213 g/mol. The summed E-state index contributed by atoms with van der Waals surface area (Å²) in [6.45, 7) is 6.30. The van der Waals surface area contributed by atoms with Crippen molar-refractivity contribution in [2.45, 2.75) is 32.0 Å². The number of methoxy groups -OCH3 is 1. The second-order valence-corrected chi connectivity index (χ2v) is 4.51. The minimum absolute atomic E-state index is 0.249. The van der Waals surface area contributed by atoms with Gasteiger partial charge in [-0.2, -0.15) is 0 Å². The molecular formula is C10H15NO4. The molecule has 0 aromatic carbocycles. The van der Waals surface area contributed by atoms with Crippen LogP contribution in [-0.4, -0.2) is 36.0 Å². The third kappa shape index (κ3) is 1.27. The van der Waals surface area contributed by atoms with Crippen LogP contribution in [0, 0.1) is 0 Å². The van der Waals surface area contributed by atoms with Gasteiger partial charge in [-0.05, 0) is 20.8 Å². The number of esters is 1. The number of hydroxylamine groups is 2. The zero-order chi connectivity index (χ0) is 11.3. The predicted octanol–water partition coefficient (Wildman–Crippen LogP) is 0.815. The zero-order valence-electron chi connectivity index (χ0n) is 9.36. The quantitative estimate of drug-likeness (QED) is 0.603. The van der Waals surface area contributed by atoms with E-state index in [1.165, 1.54) is 13.4 Å². The van der Waals surface area contributed by atoms with E-state index in [0.29, 0.717) is 12.2 Å². The topological polar surface area (TPSA) is 48.0 Å². The van der Waals surface area contributed by atoms with Crippen molar-refractivity contribution in [1.29, 1.82) is 0 Å². The van der Waals surface area contributed by atoms with Crippen LogP contribution < -0.4 is 0 Å². The Morgan fingerprint density at radius 1 is 1.53 bits per heavy atom. The summed E-state index contributed by atoms with van der Waals surface area (Å²) in [5.41, 5.74) is -0.673. The summed E-state index contributed by atoms with van der Waals surface area (Å²) in [4.78, 5) is 16.9. The Hall–Kier alpha value is -1.07. The highest BCUT2D eigenvalue weighted by Gasteiger charge is 2.58. The maximum atomic E-state index is 11.5. The van der Waals surface area contributed by atoms with Crippen LogP contribution in [0.25, 0.3) is 0 Å². The van der Waals surface area contributed by atoms with Crippen LogP contribution >= 0.6 is 0 Å². The summed E-state index contributed by atoms with van der Waals surface area (Å²) in [5, 5.41) is 1.69. The van der Waals surface area contributed by atoms with Crippen molar-refractivity contribution >= 4 is 5.97 Å². The molecule has 0 aliphatic carbocycles. The first kappa shape index (κ1) is 10.4. The lowest BCUT2D eigenvalue weighted by Gasteiger charge is -2.31. The monoisotopic (exact) mass is 213 g/mol. The van der Waals surface area contributed by atoms with E-state index in [1.807, 2.05) is 13.8 Å². The highest BCUT2D eigenvalue weighted by Crippen LogP contribution is 2.43. The predicted molar refractivity (Wildman–Crippen MR) is 51.5 cm³/mol. The van der Waals surface area contributed by atoms with E-state index in [-0.39, 0.29) is 5.54 Å². The number of rotatable bonds is 1. The molecule has 1 fully saturated rings. The van der Waals surface area contributed by atoms with Crippen LogP contribution in [0.15, 0.2) is 11.8 Å². The Labute approximate surface area is 88.5 Å². The summed E-state index contributed by atoms with van der Waals surface area (Å²) in [7, 11) is 1.34. The average Bonchev–Trinajstić information content (AvgIpc) is 2.63. The molecule has 2 rings (SSSR count). The van der Waals surface area contributed by atoms with Crippen LogP contribution in [0.3, 0.4) is 0 Å². The molecule has 1 saturated heterocycles. The third-order valence-electron chi connectivity index (χ3n) is 2.82. The smallest absolute Gasteiger partial charge is 0.341 e. The summed E-state index contributed by atoms with van der Waals surface area (Å²) in [5.74, 6) is -0.419. The Kier molecular flexibility index (Phi) is 2.06. The molecule has 84 valence electrons. The molecule has 0 radical (unpaired) electrons. The number of hydrogen-bond acceptors (Lipinski definition) is 5. The van der Waals surface area contributed by atoms with Crippen molar-refractivity contribution in [3.63, 3.8) is 0 Å². The van der Waals surface area contributed by atoms with E-state index in [2.05, 4.69) is 4.74 Å². The van der Waals surface area contributed by atoms with Gasteiger partial charge in [-0.1, -0.05) is 0 Å². The Balaban J connectivity index is 2.31. The van der Waals surface area contributed by atoms with Gasteiger partial charge in [-0.15, -0.1) is 5.06 Å². The Morgan fingerprint density at radius 3 is 2.80 bits per heavy atom. The van der Waals surface area contributed by atoms with Crippen molar-refractivity contribution in [2.75, 3.05) is 13.7 Å². The van der Waals surface area contributed by atoms with Gasteiger partial charge in [0.1, 0.15) is 11.8 Å². The van der Waals surface area contributed by atoms with E-state index in [1.54, 1.807) is 12.0 Å². The van der Waals surface area contributed by atoms with E-state index >= 15 is 0 Å². The molecule has 1 unspecified atom stereocenters. The molecular weight excluding hydrogens is 198 g/mol. The van der Waals surface area contributed by atoms with Gasteiger partial charge in [0.25, 0.3) is 0 Å². The molecule has 15 heavy (non-hydrogen) atoms. The van der Waals surface area contributed by atoms with E-state index in [0.717, 1.165) is 0 Å². The first-order valence-electron chi connectivity index (χ1n) is 4.82. The summed E-state index contributed by atoms with van der Waals surface area (Å²) < 4.78 is 10.3. The van der Waals surface area contributed by atoms with E-state index in [4.69, 9.17) is 9.57 Å². The molecule has 0 aromatic rings. The fourth-order valence-electron chi connectivity index (χ4n) is 2.00. The second kappa shape index (κ2) is 2.96. The molecule has 5 nitrogen and oxygen atoms in total. The minimum atomic E-state index is -0.823. The molecule has 0 amide bonds. The van der Waals surface area contributed by atoms with Gasteiger partial charge in [-0.3, -0.25) is 0 Å². The largest absolute Gasteiger partial charge is 0.465 e. The van der Waals surface area contributed by atoms with Gasteiger partial charge in [0.15, 0.2) is 5.72 Å². The van der Waals surface area contributed by atoms with Crippen molar-refractivity contribution in [1.82, 2.24) is 5.06 Å². The van der Waals surface area contributed by atoms with Gasteiger partial charge < -0.3 is 14.3 Å². The standard InChI is InChI=1S/C10H15NO4/c1-9(2)6-14-10(3)7(8(12)13-4)5-15-11(9)10/h5H,6H2,1-4H3. The highest BCUT2D eigenvalue weighted by molar-refractivity contribution is 5.90. The van der Waals surface area contributed by atoms with Crippen LogP contribution in [0.5, 0.6) is 0 Å². The molecule has 0 N–H and O–H groups in total. The molecule has 2 aliphatic heterocycles. The molecule has 5 heteroatoms. The summed E-state index contributed by atoms with van der Waals surface area (Å²) in [6.07, 6.45) is 1.40. The van der Waals surface area contributed by atoms with Gasteiger partial charge in [0.2, 0.25) is 0 Å². The normalized spacial score (nSPS) is 33.2. The Bertz CT molecular complexity index is 336. The molecule has 0 aromatic heterocycles. The van der Waals surface area contributed by atoms with E-state index < -0.39 is 11.7 Å². The van der Waals surface area contributed by atoms with Gasteiger partial charge in [0, 0.05) is 0 Å². The minimum Gasteiger partial charge on any atom is -0.465 e. The van der Waals surface area contributed by atoms with Gasteiger partial charge in [0.05, 0.1) is 19.3 Å². The van der Waals surface area contributed by atoms with Crippen molar-refractivity contribution in [3.05, 3.63) is 11.8 Å². The molecule has 0 saturated carbocycles. The fraction of sp³-hybridized carbons (Fsp3) is 0.700. The molecule has 0 bridgehead atoms. The maximum absolute atomic E-state index is 11.5. The van der Waals surface area contributed by atoms with Crippen LogP contribution in [-0.2, 0) is 19.1 Å². The van der Waals surface area contributed by atoms with Crippen molar-refractivity contribution in [2.24, 2.45) is 0 Å². The zero-order valence-corrected chi connectivity index (χ0v) is 9.36. The number of ether oxygens (including phenoxy) is 2. The van der Waals surface area contributed by atoms with Crippen molar-refractivity contribution < 1.29 is 19.1 Å². The van der Waals surface area contributed by atoms with Crippen LogP contribution in [0.4, 0.5) is 0 Å². The number of nitrogens with zero attached hydrogens (tertiary/aromatic N) is 1. The van der Waals surface area contributed by atoms with Crippen LogP contribution in [0.2, 0.25) is 0 Å². The van der Waals surface area contributed by atoms with E-state index in [9.17, 15) is 4.79 Å². The molecule has 2 aliphatic rings. The number of hydrogen-bond donors (Lipinski definition) is 0. The molecule has 1 atom stereocenters. The summed E-state index contributed by atoms with van der Waals surface area (Å²) in [6, 6.07) is 0. The second-order valence-electron chi connectivity index (χ2n) is 4.51. The van der Waals surface area contributed by atoms with Crippen molar-refractivity contribution in [3.8, 4) is 0 Å². The molecule has 2 heterocycles. The first-order chi connectivity index (χ1) is 6.92. The number of fused-ring (bicyclic) bond motifs is 1. The Morgan fingerprint density at radius 2 is 2.20 bits per heavy atom. The fourth-order valence-corrected chi connectivity index (χ4v) is 2.00. The maximum Gasteiger partial charge on any atom is 0.341 e. The first-order valence-corrected chi connectivity index (χ1v) is 4.82. The summed E-state index contributed by atoms with van der Waals surface area (Å²) >= 11 is 0. The number of carbonyl (C=O) groups is 1. The van der Waals surface area contributed by atoms with Crippen LogP contribution in [0.1, 0.15) is 20.8 Å². The lowest BCUT2D eigenvalue weighted by molar-refractivity contribution is -0.206. The van der Waals surface area contributed by atoms with Gasteiger partial charge in [-0.25, -0.2) is 4.79 Å². The highest BCUT2D eigenvalue weighted by atomic mass is 16.7. The lowest BCUT2D eigenvalue weighted by Crippen LogP contribution is -2.48. The number of carbonyl (C=O) groups excluding carboxylic acids is 1. The SMILES string of the molecule is COC(=O)C1=CON2C(C)(C)COC12C. The van der Waals surface area contributed by atoms with Gasteiger partial charge >= 0.3 is 5.97 Å².